The van der Waals surface area contributed by atoms with E-state index in [1.165, 1.54) is 0 Å². The molecule has 0 unspecified atom stereocenters. The normalized spacial score (nSPS) is 9.90. The summed E-state index contributed by atoms with van der Waals surface area (Å²) in [6.07, 6.45) is 0. The van der Waals surface area contributed by atoms with Crippen LogP contribution in [0.15, 0.2) is 18.2 Å². The van der Waals surface area contributed by atoms with Gasteiger partial charge in [-0.1, -0.05) is 17.7 Å². The molecule has 0 nitrogen and oxygen atoms in total. The lowest BCUT2D eigenvalue weighted by Crippen LogP contribution is -1.84. The Balaban J connectivity index is 3.09. The van der Waals surface area contributed by atoms with Gasteiger partial charge < -0.3 is 0 Å². The number of halogens is 2. The average Bonchev–Trinajstić information content (AvgIpc) is 1.94. The highest BCUT2D eigenvalue weighted by atomic mass is 127. The Labute approximate surface area is 73.6 Å². The number of hydrogen-bond acceptors (Lipinski definition) is 0. The van der Waals surface area contributed by atoms with E-state index in [9.17, 15) is 4.39 Å². The lowest BCUT2D eigenvalue weighted by atomic mass is 10.2. The number of alkyl halides is 1. The van der Waals surface area contributed by atoms with Crippen LogP contribution < -0.4 is 0 Å². The van der Waals surface area contributed by atoms with Crippen molar-refractivity contribution in [3.63, 3.8) is 0 Å². The Morgan fingerprint density at radius 2 is 2.20 bits per heavy atom. The maximum atomic E-state index is 12.2. The van der Waals surface area contributed by atoms with Gasteiger partial charge in [-0.3, -0.25) is 0 Å². The molecule has 0 saturated carbocycles. The fourth-order valence-electron chi connectivity index (χ4n) is 0.806. The largest absolute Gasteiger partial charge is 0.246 e. The number of rotatable bonds is 1. The molecule has 0 radical (unpaired) electrons. The molecule has 0 fully saturated rings. The minimum Gasteiger partial charge on any atom is -0.246 e. The van der Waals surface area contributed by atoms with Crippen molar-refractivity contribution in [2.45, 2.75) is 13.6 Å². The summed E-state index contributed by atoms with van der Waals surface area (Å²) >= 11 is 2.14. The second-order valence-electron chi connectivity index (χ2n) is 2.23. The summed E-state index contributed by atoms with van der Waals surface area (Å²) in [4.78, 5) is 0. The first-order valence-electron chi connectivity index (χ1n) is 3.05. The highest BCUT2D eigenvalue weighted by Crippen LogP contribution is 2.14. The van der Waals surface area contributed by atoms with Gasteiger partial charge in [0, 0.05) is 3.57 Å². The quantitative estimate of drug-likeness (QED) is 0.672. The van der Waals surface area contributed by atoms with Crippen molar-refractivity contribution in [2.24, 2.45) is 0 Å². The summed E-state index contributed by atoms with van der Waals surface area (Å²) in [5.41, 5.74) is 1.91. The lowest BCUT2D eigenvalue weighted by Gasteiger charge is -1.99. The van der Waals surface area contributed by atoms with Crippen LogP contribution in [0.5, 0.6) is 0 Å². The van der Waals surface area contributed by atoms with Crippen LogP contribution in [0.3, 0.4) is 0 Å². The van der Waals surface area contributed by atoms with Crippen molar-refractivity contribution < 1.29 is 4.39 Å². The monoisotopic (exact) mass is 250 g/mol. The van der Waals surface area contributed by atoms with Crippen molar-refractivity contribution in [3.8, 4) is 0 Å². The van der Waals surface area contributed by atoms with Crippen molar-refractivity contribution in [1.29, 1.82) is 0 Å². The van der Waals surface area contributed by atoms with Crippen LogP contribution in [0, 0.1) is 10.5 Å². The van der Waals surface area contributed by atoms with E-state index in [0.29, 0.717) is 0 Å². The second-order valence-corrected chi connectivity index (χ2v) is 3.39. The highest BCUT2D eigenvalue weighted by molar-refractivity contribution is 14.1. The third-order valence-corrected chi connectivity index (χ3v) is 2.40. The van der Waals surface area contributed by atoms with Gasteiger partial charge in [-0.25, -0.2) is 4.39 Å². The van der Waals surface area contributed by atoms with Gasteiger partial charge in [0.05, 0.1) is 0 Å². The second kappa shape index (κ2) is 3.32. The van der Waals surface area contributed by atoms with Crippen LogP contribution in [0.4, 0.5) is 4.39 Å². The standard InChI is InChI=1S/C8H8FI/c1-6-2-3-8(10)7(4-6)5-9/h2-4H,5H2,1H3. The predicted octanol–water partition coefficient (Wildman–Crippen LogP) is 3.07. The Morgan fingerprint density at radius 3 is 2.70 bits per heavy atom. The Hall–Kier alpha value is -0.120. The third kappa shape index (κ3) is 1.68. The Kier molecular flexibility index (Phi) is 2.65. The van der Waals surface area contributed by atoms with Crippen molar-refractivity contribution in [1.82, 2.24) is 0 Å². The summed E-state index contributed by atoms with van der Waals surface area (Å²) in [5, 5.41) is 0. The smallest absolute Gasteiger partial charge is 0.116 e. The molecule has 0 N–H and O–H groups in total. The van der Waals surface area contributed by atoms with Gasteiger partial charge in [-0.15, -0.1) is 0 Å². The molecule has 0 aromatic heterocycles. The van der Waals surface area contributed by atoms with E-state index >= 15 is 0 Å². The van der Waals surface area contributed by atoms with E-state index in [1.807, 2.05) is 25.1 Å². The molecule has 0 saturated heterocycles. The lowest BCUT2D eigenvalue weighted by molar-refractivity contribution is 0.483. The summed E-state index contributed by atoms with van der Waals surface area (Å²) in [6, 6.07) is 5.80. The maximum Gasteiger partial charge on any atom is 0.116 e. The number of hydrogen-bond donors (Lipinski definition) is 0. The van der Waals surface area contributed by atoms with Crippen LogP contribution in [-0.4, -0.2) is 0 Å². The molecule has 0 atom stereocenters. The summed E-state index contributed by atoms with van der Waals surface area (Å²) in [7, 11) is 0. The molecule has 10 heavy (non-hydrogen) atoms. The minimum absolute atomic E-state index is 0.361. The highest BCUT2D eigenvalue weighted by Gasteiger charge is 1.97. The summed E-state index contributed by atoms with van der Waals surface area (Å²) in [6.45, 7) is 1.61. The van der Waals surface area contributed by atoms with E-state index in [0.717, 1.165) is 14.7 Å². The average molecular weight is 250 g/mol. The molecule has 0 heterocycles. The van der Waals surface area contributed by atoms with Crippen molar-refractivity contribution in [2.75, 3.05) is 0 Å². The van der Waals surface area contributed by atoms with E-state index < -0.39 is 0 Å². The molecular weight excluding hydrogens is 242 g/mol. The molecule has 1 aromatic carbocycles. The van der Waals surface area contributed by atoms with Crippen LogP contribution in [0.1, 0.15) is 11.1 Å². The number of aryl methyl sites for hydroxylation is 1. The maximum absolute atomic E-state index is 12.2. The van der Waals surface area contributed by atoms with Crippen LogP contribution in [-0.2, 0) is 6.67 Å². The predicted molar refractivity (Wildman–Crippen MR) is 48.7 cm³/mol. The molecule has 0 amide bonds. The Bertz CT molecular complexity index is 233. The molecule has 2 heteroatoms. The summed E-state index contributed by atoms with van der Waals surface area (Å²) in [5.74, 6) is 0. The van der Waals surface area contributed by atoms with Gasteiger partial charge in [-0.05, 0) is 41.1 Å². The third-order valence-electron chi connectivity index (χ3n) is 1.35. The van der Waals surface area contributed by atoms with Gasteiger partial charge >= 0.3 is 0 Å². The molecule has 0 bridgehead atoms. The zero-order valence-corrected chi connectivity index (χ0v) is 7.85. The van der Waals surface area contributed by atoms with Gasteiger partial charge in [0.15, 0.2) is 0 Å². The van der Waals surface area contributed by atoms with E-state index in [1.54, 1.807) is 0 Å². The molecule has 0 aliphatic carbocycles. The molecule has 1 aromatic rings. The van der Waals surface area contributed by atoms with Crippen molar-refractivity contribution >= 4 is 22.6 Å². The van der Waals surface area contributed by atoms with Crippen LogP contribution >= 0.6 is 22.6 Å². The fourth-order valence-corrected chi connectivity index (χ4v) is 1.29. The molecule has 0 aliphatic heterocycles. The summed E-state index contributed by atoms with van der Waals surface area (Å²) < 4.78 is 13.2. The first-order chi connectivity index (χ1) is 4.74. The minimum atomic E-state index is -0.361. The SMILES string of the molecule is Cc1ccc(I)c(CF)c1. The van der Waals surface area contributed by atoms with Crippen molar-refractivity contribution in [3.05, 3.63) is 32.9 Å². The molecule has 54 valence electrons. The van der Waals surface area contributed by atoms with Gasteiger partial charge in [-0.2, -0.15) is 0 Å². The van der Waals surface area contributed by atoms with Crippen LogP contribution in [0.2, 0.25) is 0 Å². The van der Waals surface area contributed by atoms with E-state index in [-0.39, 0.29) is 6.67 Å². The van der Waals surface area contributed by atoms with E-state index in [2.05, 4.69) is 22.6 Å². The topological polar surface area (TPSA) is 0 Å². The number of benzene rings is 1. The first-order valence-corrected chi connectivity index (χ1v) is 4.13. The molecule has 0 aliphatic rings. The first kappa shape index (κ1) is 7.98. The van der Waals surface area contributed by atoms with Gasteiger partial charge in [0.25, 0.3) is 0 Å². The zero-order valence-electron chi connectivity index (χ0n) is 5.70. The Morgan fingerprint density at radius 1 is 1.50 bits per heavy atom. The molecule has 0 spiro atoms. The van der Waals surface area contributed by atoms with Gasteiger partial charge in [0.2, 0.25) is 0 Å². The van der Waals surface area contributed by atoms with Gasteiger partial charge in [0.1, 0.15) is 6.67 Å². The molecular formula is C8H8FI. The van der Waals surface area contributed by atoms with E-state index in [4.69, 9.17) is 0 Å². The van der Waals surface area contributed by atoms with Crippen LogP contribution in [0.25, 0.3) is 0 Å². The molecule has 1 rings (SSSR count). The fraction of sp³-hybridized carbons (Fsp3) is 0.250. The zero-order chi connectivity index (χ0) is 7.56.